The van der Waals surface area contributed by atoms with Crippen LogP contribution in [0.4, 0.5) is 0 Å². The number of carboxylic acids is 1. The van der Waals surface area contributed by atoms with Gasteiger partial charge >= 0.3 is 5.97 Å². The van der Waals surface area contributed by atoms with Crippen molar-refractivity contribution >= 4 is 33.9 Å². The largest absolute Gasteiger partial charge is 0.480 e. The average molecular weight is 326 g/mol. The SMILES string of the molecule is CC(C)[C@@H](NC(=O)C=Cc1ccccc1Br)C(=O)O. The summed E-state index contributed by atoms with van der Waals surface area (Å²) in [5.41, 5.74) is 0.856. The Kier molecular flexibility index (Phi) is 5.76. The monoisotopic (exact) mass is 325 g/mol. The Morgan fingerprint density at radius 1 is 1.32 bits per heavy atom. The van der Waals surface area contributed by atoms with Gasteiger partial charge in [-0.25, -0.2) is 4.79 Å². The van der Waals surface area contributed by atoms with E-state index >= 15 is 0 Å². The van der Waals surface area contributed by atoms with E-state index in [1.807, 2.05) is 24.3 Å². The van der Waals surface area contributed by atoms with Gasteiger partial charge in [0.15, 0.2) is 0 Å². The zero-order chi connectivity index (χ0) is 14.4. The molecule has 0 aliphatic heterocycles. The van der Waals surface area contributed by atoms with Crippen molar-refractivity contribution in [3.63, 3.8) is 0 Å². The Bertz CT molecular complexity index is 497. The van der Waals surface area contributed by atoms with E-state index < -0.39 is 17.9 Å². The van der Waals surface area contributed by atoms with Gasteiger partial charge in [-0.05, 0) is 23.6 Å². The lowest BCUT2D eigenvalue weighted by molar-refractivity contribution is -0.142. The molecule has 0 unspecified atom stereocenters. The average Bonchev–Trinajstić information content (AvgIpc) is 2.34. The highest BCUT2D eigenvalue weighted by molar-refractivity contribution is 9.10. The van der Waals surface area contributed by atoms with Gasteiger partial charge in [0.05, 0.1) is 0 Å². The molecule has 1 atom stereocenters. The van der Waals surface area contributed by atoms with Crippen molar-refractivity contribution in [2.24, 2.45) is 5.92 Å². The van der Waals surface area contributed by atoms with Crippen molar-refractivity contribution in [2.45, 2.75) is 19.9 Å². The van der Waals surface area contributed by atoms with Crippen molar-refractivity contribution in [1.82, 2.24) is 5.32 Å². The maximum atomic E-state index is 11.7. The number of amides is 1. The Balaban J connectivity index is 2.70. The molecule has 0 radical (unpaired) electrons. The van der Waals surface area contributed by atoms with E-state index in [-0.39, 0.29) is 5.92 Å². The third-order valence-electron chi connectivity index (χ3n) is 2.55. The van der Waals surface area contributed by atoms with Crippen molar-refractivity contribution < 1.29 is 14.7 Å². The fraction of sp³-hybridized carbons (Fsp3) is 0.286. The van der Waals surface area contributed by atoms with Gasteiger partial charge in [-0.3, -0.25) is 4.79 Å². The lowest BCUT2D eigenvalue weighted by Gasteiger charge is -2.16. The summed E-state index contributed by atoms with van der Waals surface area (Å²) in [6.45, 7) is 3.49. The number of carboxylic acid groups (broad SMARTS) is 1. The molecule has 0 heterocycles. The Labute approximate surface area is 120 Å². The molecule has 1 aromatic carbocycles. The number of halogens is 1. The van der Waals surface area contributed by atoms with Crippen molar-refractivity contribution in [3.05, 3.63) is 40.4 Å². The second kappa shape index (κ2) is 7.09. The van der Waals surface area contributed by atoms with Crippen LogP contribution in [0.25, 0.3) is 6.08 Å². The van der Waals surface area contributed by atoms with E-state index in [0.717, 1.165) is 10.0 Å². The van der Waals surface area contributed by atoms with E-state index in [1.54, 1.807) is 19.9 Å². The zero-order valence-electron chi connectivity index (χ0n) is 10.8. The molecular formula is C14H16BrNO3. The quantitative estimate of drug-likeness (QED) is 0.818. The predicted octanol–water partition coefficient (Wildman–Crippen LogP) is 2.69. The number of carbonyl (C=O) groups is 2. The maximum Gasteiger partial charge on any atom is 0.326 e. The number of hydrogen-bond acceptors (Lipinski definition) is 2. The summed E-state index contributed by atoms with van der Waals surface area (Å²) >= 11 is 3.37. The molecule has 19 heavy (non-hydrogen) atoms. The Morgan fingerprint density at radius 3 is 2.47 bits per heavy atom. The highest BCUT2D eigenvalue weighted by atomic mass is 79.9. The van der Waals surface area contributed by atoms with E-state index in [9.17, 15) is 9.59 Å². The van der Waals surface area contributed by atoms with E-state index in [2.05, 4.69) is 21.2 Å². The minimum absolute atomic E-state index is 0.168. The molecule has 1 aromatic rings. The second-order valence-corrected chi connectivity index (χ2v) is 5.28. The first-order valence-corrected chi connectivity index (χ1v) is 6.67. The number of nitrogens with one attached hydrogen (secondary N) is 1. The molecular weight excluding hydrogens is 310 g/mol. The summed E-state index contributed by atoms with van der Waals surface area (Å²) in [5.74, 6) is -1.62. The molecule has 102 valence electrons. The summed E-state index contributed by atoms with van der Waals surface area (Å²) in [6, 6.07) is 6.57. The minimum atomic E-state index is -1.03. The molecule has 0 aliphatic rings. The van der Waals surface area contributed by atoms with Crippen LogP contribution in [0.15, 0.2) is 34.8 Å². The Hall–Kier alpha value is -1.62. The smallest absolute Gasteiger partial charge is 0.326 e. The normalized spacial score (nSPS) is 12.6. The Morgan fingerprint density at radius 2 is 1.95 bits per heavy atom. The minimum Gasteiger partial charge on any atom is -0.480 e. The number of carbonyl (C=O) groups excluding carboxylic acids is 1. The number of rotatable bonds is 5. The molecule has 1 amide bonds. The van der Waals surface area contributed by atoms with Crippen molar-refractivity contribution in [2.75, 3.05) is 0 Å². The van der Waals surface area contributed by atoms with Crippen molar-refractivity contribution in [3.8, 4) is 0 Å². The van der Waals surface area contributed by atoms with Crippen LogP contribution in [-0.4, -0.2) is 23.0 Å². The predicted molar refractivity (Wildman–Crippen MR) is 77.6 cm³/mol. The van der Waals surface area contributed by atoms with Crippen molar-refractivity contribution in [1.29, 1.82) is 0 Å². The fourth-order valence-electron chi connectivity index (χ4n) is 1.49. The van der Waals surface area contributed by atoms with Crippen LogP contribution < -0.4 is 5.32 Å². The first-order chi connectivity index (χ1) is 8.91. The van der Waals surface area contributed by atoms with Crippen LogP contribution in [0.2, 0.25) is 0 Å². The fourth-order valence-corrected chi connectivity index (χ4v) is 1.91. The number of benzene rings is 1. The standard InChI is InChI=1S/C14H16BrNO3/c1-9(2)13(14(18)19)16-12(17)8-7-10-5-3-4-6-11(10)15/h3-9,13H,1-2H3,(H,16,17)(H,18,19)/t13-/m1/s1. The highest BCUT2D eigenvalue weighted by Crippen LogP contribution is 2.17. The molecule has 1 rings (SSSR count). The van der Waals surface area contributed by atoms with Gasteiger partial charge in [0.1, 0.15) is 6.04 Å². The second-order valence-electron chi connectivity index (χ2n) is 4.42. The molecule has 0 saturated heterocycles. The lowest BCUT2D eigenvalue weighted by Crippen LogP contribution is -2.43. The molecule has 0 bridgehead atoms. The summed E-state index contributed by atoms with van der Waals surface area (Å²) in [5, 5.41) is 11.4. The van der Waals surface area contributed by atoms with Crippen LogP contribution in [0.3, 0.4) is 0 Å². The molecule has 0 aromatic heterocycles. The van der Waals surface area contributed by atoms with Crippen LogP contribution in [0.1, 0.15) is 19.4 Å². The maximum absolute atomic E-state index is 11.7. The van der Waals surface area contributed by atoms with Crippen LogP contribution in [0, 0.1) is 5.92 Å². The summed E-state index contributed by atoms with van der Waals surface area (Å²) in [4.78, 5) is 22.6. The topological polar surface area (TPSA) is 66.4 Å². The highest BCUT2D eigenvalue weighted by Gasteiger charge is 2.22. The molecule has 5 heteroatoms. The summed E-state index contributed by atoms with van der Waals surface area (Å²) < 4.78 is 0.873. The summed E-state index contributed by atoms with van der Waals surface area (Å²) in [7, 11) is 0. The van der Waals surface area contributed by atoms with Gasteiger partial charge < -0.3 is 10.4 Å². The van der Waals surface area contributed by atoms with Gasteiger partial charge in [-0.15, -0.1) is 0 Å². The molecule has 0 aliphatic carbocycles. The van der Waals surface area contributed by atoms with Gasteiger partial charge in [0.2, 0.25) is 5.91 Å². The lowest BCUT2D eigenvalue weighted by atomic mass is 10.0. The first kappa shape index (κ1) is 15.4. The third-order valence-corrected chi connectivity index (χ3v) is 3.27. The van der Waals surface area contributed by atoms with Crippen LogP contribution in [-0.2, 0) is 9.59 Å². The number of hydrogen-bond donors (Lipinski definition) is 2. The molecule has 2 N–H and O–H groups in total. The molecule has 0 spiro atoms. The van der Waals surface area contributed by atoms with Gasteiger partial charge in [0.25, 0.3) is 0 Å². The van der Waals surface area contributed by atoms with E-state index in [4.69, 9.17) is 5.11 Å². The number of aliphatic carboxylic acids is 1. The van der Waals surface area contributed by atoms with E-state index in [1.165, 1.54) is 6.08 Å². The molecule has 0 saturated carbocycles. The molecule has 0 fully saturated rings. The van der Waals surface area contributed by atoms with Crippen LogP contribution in [0.5, 0.6) is 0 Å². The van der Waals surface area contributed by atoms with Gasteiger partial charge in [0, 0.05) is 10.5 Å². The summed E-state index contributed by atoms with van der Waals surface area (Å²) in [6.07, 6.45) is 2.97. The molecule has 4 nitrogen and oxygen atoms in total. The first-order valence-electron chi connectivity index (χ1n) is 5.87. The van der Waals surface area contributed by atoms with Gasteiger partial charge in [-0.2, -0.15) is 0 Å². The van der Waals surface area contributed by atoms with Crippen LogP contribution >= 0.6 is 15.9 Å². The van der Waals surface area contributed by atoms with Gasteiger partial charge in [-0.1, -0.05) is 48.0 Å². The zero-order valence-corrected chi connectivity index (χ0v) is 12.3. The van der Waals surface area contributed by atoms with E-state index in [0.29, 0.717) is 0 Å². The third kappa shape index (κ3) is 4.87.